The van der Waals surface area contributed by atoms with Gasteiger partial charge in [-0.3, -0.25) is 0 Å². The molecule has 0 aliphatic heterocycles. The second-order valence-corrected chi connectivity index (χ2v) is 4.69. The molecule has 0 aromatic heterocycles. The molecule has 0 aliphatic rings. The monoisotopic (exact) mass is 243 g/mol. The van der Waals surface area contributed by atoms with Crippen molar-refractivity contribution >= 4 is 5.69 Å². The Bertz CT molecular complexity index is 549. The van der Waals surface area contributed by atoms with E-state index < -0.39 is 0 Å². The summed E-state index contributed by atoms with van der Waals surface area (Å²) >= 11 is 0. The molecule has 2 rings (SSSR count). The van der Waals surface area contributed by atoms with Crippen molar-refractivity contribution in [3.8, 4) is 0 Å². The van der Waals surface area contributed by atoms with Crippen molar-refractivity contribution in [2.45, 2.75) is 26.8 Å². The highest BCUT2D eigenvalue weighted by Crippen LogP contribution is 2.23. The van der Waals surface area contributed by atoms with E-state index in [2.05, 4.69) is 31.3 Å². The zero-order chi connectivity index (χ0) is 13.1. The van der Waals surface area contributed by atoms with Crippen LogP contribution < -0.4 is 5.32 Å². The molecule has 0 aliphatic carbocycles. The molecule has 0 radical (unpaired) electrons. The van der Waals surface area contributed by atoms with Gasteiger partial charge >= 0.3 is 0 Å². The van der Waals surface area contributed by atoms with Gasteiger partial charge < -0.3 is 5.32 Å². The van der Waals surface area contributed by atoms with Gasteiger partial charge in [-0.1, -0.05) is 24.3 Å². The van der Waals surface area contributed by atoms with Crippen LogP contribution in [0.5, 0.6) is 0 Å². The van der Waals surface area contributed by atoms with Crippen molar-refractivity contribution in [1.29, 1.82) is 0 Å². The number of halogens is 1. The Morgan fingerprint density at radius 2 is 1.72 bits per heavy atom. The Morgan fingerprint density at radius 3 is 2.39 bits per heavy atom. The summed E-state index contributed by atoms with van der Waals surface area (Å²) in [6.45, 7) is 5.99. The first-order chi connectivity index (χ1) is 8.58. The second kappa shape index (κ2) is 5.21. The van der Waals surface area contributed by atoms with Gasteiger partial charge in [0.05, 0.1) is 0 Å². The Balaban J connectivity index is 2.19. The van der Waals surface area contributed by atoms with Crippen LogP contribution in [0.1, 0.15) is 29.7 Å². The lowest BCUT2D eigenvalue weighted by Gasteiger charge is -2.18. The van der Waals surface area contributed by atoms with Gasteiger partial charge in [0.1, 0.15) is 5.82 Å². The van der Waals surface area contributed by atoms with Gasteiger partial charge in [0, 0.05) is 11.7 Å². The van der Waals surface area contributed by atoms with Crippen molar-refractivity contribution in [3.05, 3.63) is 65.0 Å². The summed E-state index contributed by atoms with van der Waals surface area (Å²) in [5, 5.41) is 3.40. The minimum Gasteiger partial charge on any atom is -0.379 e. The topological polar surface area (TPSA) is 12.0 Å². The highest BCUT2D eigenvalue weighted by atomic mass is 19.1. The molecule has 2 heteroatoms. The Kier molecular flexibility index (Phi) is 3.66. The van der Waals surface area contributed by atoms with E-state index in [0.29, 0.717) is 5.56 Å². The number of aryl methyl sites for hydroxylation is 2. The molecule has 1 N–H and O–H groups in total. The van der Waals surface area contributed by atoms with Gasteiger partial charge in [-0.2, -0.15) is 0 Å². The molecule has 2 aromatic carbocycles. The smallest absolute Gasteiger partial charge is 0.126 e. The first kappa shape index (κ1) is 12.6. The summed E-state index contributed by atoms with van der Waals surface area (Å²) in [4.78, 5) is 0. The van der Waals surface area contributed by atoms with Crippen LogP contribution in [0.2, 0.25) is 0 Å². The first-order valence-corrected chi connectivity index (χ1v) is 6.16. The molecule has 1 unspecified atom stereocenters. The maximum atomic E-state index is 13.2. The molecule has 0 heterocycles. The third kappa shape index (κ3) is 2.70. The van der Waals surface area contributed by atoms with Crippen molar-refractivity contribution in [3.63, 3.8) is 0 Å². The van der Waals surface area contributed by atoms with Gasteiger partial charge in [0.2, 0.25) is 0 Å². The Hall–Kier alpha value is -1.83. The maximum absolute atomic E-state index is 13.2. The number of hydrogen-bond acceptors (Lipinski definition) is 1. The predicted octanol–water partition coefficient (Wildman–Crippen LogP) is 4.62. The molecule has 0 amide bonds. The quantitative estimate of drug-likeness (QED) is 0.829. The minimum atomic E-state index is -0.163. The summed E-state index contributed by atoms with van der Waals surface area (Å²) < 4.78 is 13.2. The fraction of sp³-hybridized carbons (Fsp3) is 0.250. The lowest BCUT2D eigenvalue weighted by molar-refractivity contribution is 0.618. The summed E-state index contributed by atoms with van der Waals surface area (Å²) in [6.07, 6.45) is 0. The van der Waals surface area contributed by atoms with E-state index in [-0.39, 0.29) is 11.9 Å². The molecular weight excluding hydrogens is 225 g/mol. The van der Waals surface area contributed by atoms with Crippen molar-refractivity contribution in [2.24, 2.45) is 0 Å². The van der Waals surface area contributed by atoms with Gasteiger partial charge in [0.15, 0.2) is 0 Å². The zero-order valence-electron chi connectivity index (χ0n) is 11.0. The van der Waals surface area contributed by atoms with E-state index in [1.165, 1.54) is 17.2 Å². The average Bonchev–Trinajstić information content (AvgIpc) is 2.34. The molecule has 1 nitrogen and oxygen atoms in total. The molecule has 0 saturated carbocycles. The van der Waals surface area contributed by atoms with E-state index >= 15 is 0 Å². The molecule has 2 aromatic rings. The van der Waals surface area contributed by atoms with E-state index in [1.54, 1.807) is 13.0 Å². The standard InChI is InChI=1S/C16H18FN/c1-11-6-4-5-7-15(11)13(3)18-14-8-9-16(17)12(2)10-14/h4-10,13,18H,1-3H3. The van der Waals surface area contributed by atoms with Gasteiger partial charge in [-0.15, -0.1) is 0 Å². The summed E-state index contributed by atoms with van der Waals surface area (Å²) in [6, 6.07) is 13.6. The van der Waals surface area contributed by atoms with Crippen LogP contribution in [0, 0.1) is 19.7 Å². The molecular formula is C16H18FN. The number of hydrogen-bond donors (Lipinski definition) is 1. The first-order valence-electron chi connectivity index (χ1n) is 6.16. The lowest BCUT2D eigenvalue weighted by Crippen LogP contribution is -2.08. The van der Waals surface area contributed by atoms with Gasteiger partial charge in [0.25, 0.3) is 0 Å². The third-order valence-electron chi connectivity index (χ3n) is 3.20. The summed E-state index contributed by atoms with van der Waals surface area (Å²) in [5.41, 5.74) is 4.14. The zero-order valence-corrected chi connectivity index (χ0v) is 11.0. The van der Waals surface area contributed by atoms with Crippen LogP contribution in [0.4, 0.5) is 10.1 Å². The lowest BCUT2D eigenvalue weighted by atomic mass is 10.0. The second-order valence-electron chi connectivity index (χ2n) is 4.69. The Morgan fingerprint density at radius 1 is 1.00 bits per heavy atom. The molecule has 0 fully saturated rings. The fourth-order valence-electron chi connectivity index (χ4n) is 2.13. The van der Waals surface area contributed by atoms with Crippen LogP contribution in [-0.4, -0.2) is 0 Å². The SMILES string of the molecule is Cc1cc(NC(C)c2ccccc2C)ccc1F. The van der Waals surface area contributed by atoms with Crippen LogP contribution in [0.15, 0.2) is 42.5 Å². The number of rotatable bonds is 3. The average molecular weight is 243 g/mol. The maximum Gasteiger partial charge on any atom is 0.126 e. The third-order valence-corrected chi connectivity index (χ3v) is 3.20. The van der Waals surface area contributed by atoms with Crippen LogP contribution in [0.3, 0.4) is 0 Å². The fourth-order valence-corrected chi connectivity index (χ4v) is 2.13. The minimum absolute atomic E-state index is 0.163. The van der Waals surface area contributed by atoms with E-state index in [0.717, 1.165) is 5.69 Å². The molecule has 0 spiro atoms. The predicted molar refractivity (Wildman–Crippen MR) is 74.4 cm³/mol. The number of anilines is 1. The van der Waals surface area contributed by atoms with Gasteiger partial charge in [-0.25, -0.2) is 4.39 Å². The van der Waals surface area contributed by atoms with Crippen molar-refractivity contribution < 1.29 is 4.39 Å². The normalized spacial score (nSPS) is 12.2. The van der Waals surface area contributed by atoms with Crippen molar-refractivity contribution in [2.75, 3.05) is 5.32 Å². The van der Waals surface area contributed by atoms with Gasteiger partial charge in [-0.05, 0) is 55.7 Å². The molecule has 94 valence electrons. The van der Waals surface area contributed by atoms with Crippen LogP contribution in [0.25, 0.3) is 0 Å². The largest absolute Gasteiger partial charge is 0.379 e. The molecule has 0 bridgehead atoms. The molecule has 0 saturated heterocycles. The van der Waals surface area contributed by atoms with E-state index in [4.69, 9.17) is 0 Å². The van der Waals surface area contributed by atoms with Crippen LogP contribution in [-0.2, 0) is 0 Å². The summed E-state index contributed by atoms with van der Waals surface area (Å²) in [7, 11) is 0. The number of benzene rings is 2. The summed E-state index contributed by atoms with van der Waals surface area (Å²) in [5.74, 6) is -0.163. The molecule has 1 atom stereocenters. The van der Waals surface area contributed by atoms with E-state index in [9.17, 15) is 4.39 Å². The van der Waals surface area contributed by atoms with Crippen molar-refractivity contribution in [1.82, 2.24) is 0 Å². The van der Waals surface area contributed by atoms with Crippen LogP contribution >= 0.6 is 0 Å². The Labute approximate surface area is 108 Å². The highest BCUT2D eigenvalue weighted by molar-refractivity contribution is 5.48. The number of nitrogens with one attached hydrogen (secondary N) is 1. The van der Waals surface area contributed by atoms with E-state index in [1.807, 2.05) is 18.2 Å². The highest BCUT2D eigenvalue weighted by Gasteiger charge is 2.08. The molecule has 18 heavy (non-hydrogen) atoms.